The summed E-state index contributed by atoms with van der Waals surface area (Å²) < 4.78 is 15.0. The second kappa shape index (κ2) is 4.57. The van der Waals surface area contributed by atoms with Crippen molar-refractivity contribution >= 4 is 13.5 Å². The molecule has 7 heteroatoms. The van der Waals surface area contributed by atoms with Crippen molar-refractivity contribution in [2.75, 3.05) is 13.3 Å². The van der Waals surface area contributed by atoms with E-state index < -0.39 is 19.4 Å². The molecular formula is C5H12N2O4P-. The van der Waals surface area contributed by atoms with Gasteiger partial charge in [-0.25, -0.2) is 5.84 Å². The number of hydrogen-bond donors (Lipinski definition) is 2. The summed E-state index contributed by atoms with van der Waals surface area (Å²) >= 11 is 0. The van der Waals surface area contributed by atoms with E-state index in [9.17, 15) is 14.3 Å². The molecule has 72 valence electrons. The fourth-order valence-electron chi connectivity index (χ4n) is 0.635. The van der Waals surface area contributed by atoms with E-state index in [4.69, 9.17) is 5.84 Å². The highest BCUT2D eigenvalue weighted by Crippen LogP contribution is 2.37. The maximum absolute atomic E-state index is 10.8. The maximum atomic E-state index is 10.8. The summed E-state index contributed by atoms with van der Waals surface area (Å²) in [6, 6.07) is 0. The van der Waals surface area contributed by atoms with Crippen molar-refractivity contribution < 1.29 is 18.8 Å². The minimum atomic E-state index is -3.86. The van der Waals surface area contributed by atoms with Gasteiger partial charge in [0.25, 0.3) is 0 Å². The number of hydrogen-bond acceptors (Lipinski definition) is 5. The van der Waals surface area contributed by atoms with E-state index in [2.05, 4.69) is 4.52 Å². The van der Waals surface area contributed by atoms with E-state index >= 15 is 0 Å². The van der Waals surface area contributed by atoms with Crippen LogP contribution in [0.15, 0.2) is 0 Å². The van der Waals surface area contributed by atoms with E-state index in [0.717, 1.165) is 7.11 Å². The summed E-state index contributed by atoms with van der Waals surface area (Å²) in [5, 5.41) is 0. The highest BCUT2D eigenvalue weighted by Gasteiger charge is 2.18. The van der Waals surface area contributed by atoms with Crippen LogP contribution in [0.2, 0.25) is 0 Å². The van der Waals surface area contributed by atoms with Gasteiger partial charge in [-0.1, -0.05) is 6.92 Å². The smallest absolute Gasteiger partial charge is 0.237 e. The van der Waals surface area contributed by atoms with Crippen LogP contribution in [0.5, 0.6) is 0 Å². The van der Waals surface area contributed by atoms with Crippen molar-refractivity contribution in [3.05, 3.63) is 0 Å². The van der Waals surface area contributed by atoms with Crippen molar-refractivity contribution in [2.24, 2.45) is 11.8 Å². The molecule has 0 spiro atoms. The summed E-state index contributed by atoms with van der Waals surface area (Å²) in [7, 11) is -2.81. The highest BCUT2D eigenvalue weighted by atomic mass is 31.2. The fourth-order valence-corrected chi connectivity index (χ4v) is 1.62. The first kappa shape index (κ1) is 11.6. The zero-order valence-electron chi connectivity index (χ0n) is 6.94. The third kappa shape index (κ3) is 3.82. The maximum Gasteiger partial charge on any atom is 0.237 e. The molecule has 0 saturated carbocycles. The van der Waals surface area contributed by atoms with Gasteiger partial charge in [-0.3, -0.25) is 10.2 Å². The van der Waals surface area contributed by atoms with E-state index in [0.29, 0.717) is 0 Å². The Bertz CT molecular complexity index is 208. The van der Waals surface area contributed by atoms with Crippen LogP contribution in [0.4, 0.5) is 0 Å². The number of carbonyl (C=O) groups excluding carboxylic acids is 1. The zero-order valence-corrected chi connectivity index (χ0v) is 7.84. The molecule has 0 aliphatic rings. The average Bonchev–Trinajstić information content (AvgIpc) is 2.02. The Morgan fingerprint density at radius 3 is 2.67 bits per heavy atom. The minimum absolute atomic E-state index is 0.341. The molecular weight excluding hydrogens is 183 g/mol. The Kier molecular flexibility index (Phi) is 4.41. The van der Waals surface area contributed by atoms with Gasteiger partial charge in [0.05, 0.1) is 0 Å². The molecule has 0 aliphatic heterocycles. The lowest BCUT2D eigenvalue weighted by molar-refractivity contribution is -0.197. The second-order valence-electron chi connectivity index (χ2n) is 2.39. The van der Waals surface area contributed by atoms with Crippen molar-refractivity contribution in [3.8, 4) is 0 Å². The predicted molar refractivity (Wildman–Crippen MR) is 41.0 cm³/mol. The number of nitrogens with one attached hydrogen (secondary N) is 1. The van der Waals surface area contributed by atoms with E-state index in [1.54, 1.807) is 0 Å². The van der Waals surface area contributed by atoms with Gasteiger partial charge in [0.15, 0.2) is 0 Å². The average molecular weight is 195 g/mol. The van der Waals surface area contributed by atoms with Crippen molar-refractivity contribution in [1.29, 1.82) is 0 Å². The van der Waals surface area contributed by atoms with Crippen LogP contribution in [0, 0.1) is 5.92 Å². The van der Waals surface area contributed by atoms with Crippen molar-refractivity contribution in [3.63, 3.8) is 0 Å². The van der Waals surface area contributed by atoms with Crippen LogP contribution in [0.1, 0.15) is 6.92 Å². The molecule has 0 rings (SSSR count). The summed E-state index contributed by atoms with van der Waals surface area (Å²) in [6.45, 7) is 1.45. The minimum Gasteiger partial charge on any atom is -0.778 e. The summed E-state index contributed by atoms with van der Waals surface area (Å²) in [5.74, 6) is 3.58. The van der Waals surface area contributed by atoms with Crippen molar-refractivity contribution in [1.82, 2.24) is 5.43 Å². The molecule has 0 bridgehead atoms. The number of hydrazine groups is 1. The largest absolute Gasteiger partial charge is 0.778 e. The Balaban J connectivity index is 4.09. The Morgan fingerprint density at radius 1 is 1.83 bits per heavy atom. The summed E-state index contributed by atoms with van der Waals surface area (Å²) in [5.41, 5.74) is 1.86. The van der Waals surface area contributed by atoms with Gasteiger partial charge in [-0.05, 0) is 0 Å². The van der Waals surface area contributed by atoms with Crippen LogP contribution >= 0.6 is 7.60 Å². The number of rotatable bonds is 4. The Labute approximate surface area is 70.6 Å². The molecule has 3 N–H and O–H groups in total. The second-order valence-corrected chi connectivity index (χ2v) is 4.34. The van der Waals surface area contributed by atoms with Gasteiger partial charge in [0.1, 0.15) is 7.60 Å². The molecule has 6 nitrogen and oxygen atoms in total. The Hall–Kier alpha value is -0.420. The van der Waals surface area contributed by atoms with E-state index in [1.807, 2.05) is 5.43 Å². The fraction of sp³-hybridized carbons (Fsp3) is 0.800. The standard InChI is InChI=1S/C5H13N2O4P/c1-4(5(8)7-6)3-12(9,10)11-2/h4H,3,6H2,1-2H3,(H,7,8)(H,9,10)/p-1/t4-/m0/s1. The molecule has 0 heterocycles. The molecule has 0 radical (unpaired) electrons. The summed E-state index contributed by atoms with van der Waals surface area (Å²) in [4.78, 5) is 21.6. The number of amides is 1. The van der Waals surface area contributed by atoms with E-state index in [1.165, 1.54) is 6.92 Å². The number of carbonyl (C=O) groups is 1. The SMILES string of the molecule is COP(=O)([O-])C[C@H](C)C(=O)NN. The third-order valence-corrected chi connectivity index (χ3v) is 2.92. The first-order valence-corrected chi connectivity index (χ1v) is 5.02. The topological polar surface area (TPSA) is 104 Å². The van der Waals surface area contributed by atoms with Gasteiger partial charge in [-0.2, -0.15) is 0 Å². The Morgan fingerprint density at radius 2 is 2.33 bits per heavy atom. The van der Waals surface area contributed by atoms with Gasteiger partial charge >= 0.3 is 0 Å². The van der Waals surface area contributed by atoms with Crippen molar-refractivity contribution in [2.45, 2.75) is 6.92 Å². The molecule has 2 atom stereocenters. The van der Waals surface area contributed by atoms with E-state index in [-0.39, 0.29) is 6.16 Å². The highest BCUT2D eigenvalue weighted by molar-refractivity contribution is 7.51. The first-order chi connectivity index (χ1) is 5.43. The molecule has 0 aromatic heterocycles. The van der Waals surface area contributed by atoms with Gasteiger partial charge in [0, 0.05) is 19.2 Å². The van der Waals surface area contributed by atoms with Crippen LogP contribution < -0.4 is 16.2 Å². The normalized spacial score (nSPS) is 18.0. The summed E-state index contributed by atoms with van der Waals surface area (Å²) in [6.07, 6.45) is -0.341. The quantitative estimate of drug-likeness (QED) is 0.254. The molecule has 1 unspecified atom stereocenters. The van der Waals surface area contributed by atoms with Gasteiger partial charge in [-0.15, -0.1) is 0 Å². The van der Waals surface area contributed by atoms with Crippen LogP contribution in [0.3, 0.4) is 0 Å². The molecule has 0 aliphatic carbocycles. The molecule has 0 fully saturated rings. The number of nitrogens with two attached hydrogens (primary N) is 1. The molecule has 12 heavy (non-hydrogen) atoms. The van der Waals surface area contributed by atoms with Gasteiger partial charge < -0.3 is 14.0 Å². The predicted octanol–water partition coefficient (Wildman–Crippen LogP) is -1.19. The lowest BCUT2D eigenvalue weighted by atomic mass is 10.2. The van der Waals surface area contributed by atoms with Crippen LogP contribution in [-0.4, -0.2) is 19.2 Å². The third-order valence-electron chi connectivity index (χ3n) is 1.37. The molecule has 0 aromatic rings. The van der Waals surface area contributed by atoms with Crippen LogP contribution in [0.25, 0.3) is 0 Å². The zero-order chi connectivity index (χ0) is 9.78. The molecule has 0 saturated heterocycles. The first-order valence-electron chi connectivity index (χ1n) is 3.29. The lowest BCUT2D eigenvalue weighted by Gasteiger charge is -2.23. The van der Waals surface area contributed by atoms with Crippen LogP contribution in [-0.2, 0) is 13.9 Å². The van der Waals surface area contributed by atoms with Gasteiger partial charge in [0.2, 0.25) is 5.91 Å². The molecule has 0 aromatic carbocycles. The monoisotopic (exact) mass is 195 g/mol. The lowest BCUT2D eigenvalue weighted by Crippen LogP contribution is -2.36. The molecule has 1 amide bonds.